The zero-order valence-corrected chi connectivity index (χ0v) is 19.2. The second-order valence-corrected chi connectivity index (χ2v) is 9.11. The first-order valence-electron chi connectivity index (χ1n) is 10.5. The lowest BCUT2D eigenvalue weighted by Gasteiger charge is -2.26. The number of rotatable bonds is 8. The SMILES string of the molecule is CCC(=O)N(Cc1ccccc1)Cc1cc(NC(=O)CC(C)(C)C)ccc1N(C)C. The maximum Gasteiger partial charge on any atom is 0.224 e. The number of benzene rings is 2. The van der Waals surface area contributed by atoms with Crippen molar-refractivity contribution in [2.45, 2.75) is 53.6 Å². The zero-order chi connectivity index (χ0) is 22.3. The van der Waals surface area contributed by atoms with E-state index in [2.05, 4.69) is 5.32 Å². The van der Waals surface area contributed by atoms with E-state index in [1.54, 1.807) is 0 Å². The molecule has 2 aromatic rings. The van der Waals surface area contributed by atoms with Gasteiger partial charge < -0.3 is 15.1 Å². The third-order valence-electron chi connectivity index (χ3n) is 4.77. The first kappa shape index (κ1) is 23.5. The summed E-state index contributed by atoms with van der Waals surface area (Å²) < 4.78 is 0. The lowest BCUT2D eigenvalue weighted by Crippen LogP contribution is -2.30. The van der Waals surface area contributed by atoms with Crippen LogP contribution in [0.3, 0.4) is 0 Å². The molecule has 162 valence electrons. The van der Waals surface area contributed by atoms with Crippen LogP contribution < -0.4 is 10.2 Å². The normalized spacial score (nSPS) is 11.1. The maximum atomic E-state index is 12.7. The van der Waals surface area contributed by atoms with Gasteiger partial charge in [-0.3, -0.25) is 9.59 Å². The van der Waals surface area contributed by atoms with Gasteiger partial charge in [-0.2, -0.15) is 0 Å². The standard InChI is InChI=1S/C25H35N3O2/c1-7-24(30)28(17-19-11-9-8-10-12-19)18-20-15-21(13-14-22(20)27(5)6)26-23(29)16-25(2,3)4/h8-15H,7,16-18H2,1-6H3,(H,26,29). The smallest absolute Gasteiger partial charge is 0.224 e. The molecule has 2 rings (SSSR count). The molecule has 0 heterocycles. The molecular formula is C25H35N3O2. The fourth-order valence-electron chi connectivity index (χ4n) is 3.38. The summed E-state index contributed by atoms with van der Waals surface area (Å²) in [5.74, 6) is 0.0996. The number of anilines is 2. The van der Waals surface area contributed by atoms with Crippen molar-refractivity contribution < 1.29 is 9.59 Å². The van der Waals surface area contributed by atoms with Crippen molar-refractivity contribution in [3.63, 3.8) is 0 Å². The molecule has 0 aromatic heterocycles. The highest BCUT2D eigenvalue weighted by atomic mass is 16.2. The van der Waals surface area contributed by atoms with Gasteiger partial charge in [0.15, 0.2) is 0 Å². The van der Waals surface area contributed by atoms with E-state index in [4.69, 9.17) is 0 Å². The third kappa shape index (κ3) is 7.21. The second-order valence-electron chi connectivity index (χ2n) is 9.11. The predicted octanol–water partition coefficient (Wildman–Crippen LogP) is 5.07. The van der Waals surface area contributed by atoms with Gasteiger partial charge in [0.05, 0.1) is 0 Å². The van der Waals surface area contributed by atoms with Crippen LogP contribution in [0.2, 0.25) is 0 Å². The largest absolute Gasteiger partial charge is 0.377 e. The topological polar surface area (TPSA) is 52.7 Å². The molecule has 2 amide bonds. The Balaban J connectivity index is 2.28. The number of hydrogen-bond acceptors (Lipinski definition) is 3. The van der Waals surface area contributed by atoms with Gasteiger partial charge in [0, 0.05) is 51.4 Å². The van der Waals surface area contributed by atoms with Gasteiger partial charge in [-0.15, -0.1) is 0 Å². The van der Waals surface area contributed by atoms with Crippen molar-refractivity contribution in [3.05, 3.63) is 59.7 Å². The Labute approximate surface area is 181 Å². The number of nitrogens with one attached hydrogen (secondary N) is 1. The van der Waals surface area contributed by atoms with E-state index >= 15 is 0 Å². The van der Waals surface area contributed by atoms with Crippen molar-refractivity contribution in [1.82, 2.24) is 4.90 Å². The molecule has 0 saturated heterocycles. The molecule has 0 fully saturated rings. The summed E-state index contributed by atoms with van der Waals surface area (Å²) in [6.45, 7) is 9.07. The minimum atomic E-state index is -0.0729. The zero-order valence-electron chi connectivity index (χ0n) is 19.2. The van der Waals surface area contributed by atoms with E-state index in [-0.39, 0.29) is 17.2 Å². The minimum Gasteiger partial charge on any atom is -0.377 e. The van der Waals surface area contributed by atoms with Gasteiger partial charge in [0.1, 0.15) is 0 Å². The summed E-state index contributed by atoms with van der Waals surface area (Å²) in [6.07, 6.45) is 0.901. The molecule has 0 unspecified atom stereocenters. The van der Waals surface area contributed by atoms with Gasteiger partial charge >= 0.3 is 0 Å². The average molecular weight is 410 g/mol. The molecule has 0 radical (unpaired) electrons. The van der Waals surface area contributed by atoms with Crippen LogP contribution in [0.5, 0.6) is 0 Å². The summed E-state index contributed by atoms with van der Waals surface area (Å²) in [5, 5.41) is 3.01. The van der Waals surface area contributed by atoms with Gasteiger partial charge in [0.25, 0.3) is 0 Å². The minimum absolute atomic E-state index is 0.00294. The lowest BCUT2D eigenvalue weighted by atomic mass is 9.92. The van der Waals surface area contributed by atoms with Crippen molar-refractivity contribution in [2.75, 3.05) is 24.3 Å². The van der Waals surface area contributed by atoms with Crippen LogP contribution in [0.1, 0.15) is 51.7 Å². The van der Waals surface area contributed by atoms with Crippen molar-refractivity contribution in [1.29, 1.82) is 0 Å². The monoisotopic (exact) mass is 409 g/mol. The Bertz CT molecular complexity index is 854. The number of nitrogens with zero attached hydrogens (tertiary/aromatic N) is 2. The second kappa shape index (κ2) is 10.3. The molecule has 0 aliphatic rings. The first-order valence-corrected chi connectivity index (χ1v) is 10.5. The summed E-state index contributed by atoms with van der Waals surface area (Å²) in [6, 6.07) is 15.9. The van der Waals surface area contributed by atoms with Crippen LogP contribution >= 0.6 is 0 Å². The fourth-order valence-corrected chi connectivity index (χ4v) is 3.38. The van der Waals surface area contributed by atoms with E-state index in [1.807, 2.05) is 100 Å². The van der Waals surface area contributed by atoms with Gasteiger partial charge in [-0.25, -0.2) is 0 Å². The summed E-state index contributed by atoms with van der Waals surface area (Å²) in [7, 11) is 3.97. The van der Waals surface area contributed by atoms with Gasteiger partial charge in [-0.05, 0) is 34.7 Å². The van der Waals surface area contributed by atoms with Crippen LogP contribution in [-0.4, -0.2) is 30.8 Å². The summed E-state index contributed by atoms with van der Waals surface area (Å²) >= 11 is 0. The quantitative estimate of drug-likeness (QED) is 0.662. The number of carbonyl (C=O) groups is 2. The van der Waals surface area contributed by atoms with E-state index in [0.717, 1.165) is 22.5 Å². The van der Waals surface area contributed by atoms with Gasteiger partial charge in [-0.1, -0.05) is 58.0 Å². The van der Waals surface area contributed by atoms with Crippen molar-refractivity contribution in [3.8, 4) is 0 Å². The number of hydrogen-bond donors (Lipinski definition) is 1. The molecule has 0 bridgehead atoms. The average Bonchev–Trinajstić information content (AvgIpc) is 2.66. The van der Waals surface area contributed by atoms with E-state index in [1.165, 1.54) is 0 Å². The molecule has 0 saturated carbocycles. The van der Waals surface area contributed by atoms with Crippen LogP contribution in [0.25, 0.3) is 0 Å². The Morgan fingerprint density at radius 1 is 0.967 bits per heavy atom. The number of carbonyl (C=O) groups excluding carboxylic acids is 2. The van der Waals surface area contributed by atoms with Crippen LogP contribution in [0.15, 0.2) is 48.5 Å². The molecular weight excluding hydrogens is 374 g/mol. The molecule has 5 nitrogen and oxygen atoms in total. The molecule has 30 heavy (non-hydrogen) atoms. The molecule has 0 atom stereocenters. The van der Waals surface area contributed by atoms with Crippen LogP contribution in [0.4, 0.5) is 11.4 Å². The predicted molar refractivity (Wildman–Crippen MR) is 124 cm³/mol. The third-order valence-corrected chi connectivity index (χ3v) is 4.77. The van der Waals surface area contributed by atoms with Gasteiger partial charge in [0.2, 0.25) is 11.8 Å². The Morgan fingerprint density at radius 3 is 2.20 bits per heavy atom. The maximum absolute atomic E-state index is 12.7. The highest BCUT2D eigenvalue weighted by Crippen LogP contribution is 2.26. The molecule has 0 aliphatic carbocycles. The Kier molecular flexibility index (Phi) is 8.04. The highest BCUT2D eigenvalue weighted by molar-refractivity contribution is 5.91. The molecule has 5 heteroatoms. The highest BCUT2D eigenvalue weighted by Gasteiger charge is 2.18. The van der Waals surface area contributed by atoms with Crippen LogP contribution in [0, 0.1) is 5.41 Å². The summed E-state index contributed by atoms with van der Waals surface area (Å²) in [4.78, 5) is 29.0. The molecule has 1 N–H and O–H groups in total. The van der Waals surface area contributed by atoms with Crippen molar-refractivity contribution in [2.24, 2.45) is 5.41 Å². The molecule has 0 spiro atoms. The first-order chi connectivity index (χ1) is 14.1. The van der Waals surface area contributed by atoms with E-state index in [0.29, 0.717) is 25.9 Å². The number of amides is 2. The Morgan fingerprint density at radius 2 is 1.63 bits per heavy atom. The Hall–Kier alpha value is -2.82. The van der Waals surface area contributed by atoms with E-state index in [9.17, 15) is 9.59 Å². The van der Waals surface area contributed by atoms with E-state index < -0.39 is 0 Å². The summed E-state index contributed by atoms with van der Waals surface area (Å²) in [5.41, 5.74) is 3.82. The van der Waals surface area contributed by atoms with Crippen LogP contribution in [-0.2, 0) is 22.7 Å². The fraction of sp³-hybridized carbons (Fsp3) is 0.440. The lowest BCUT2D eigenvalue weighted by molar-refractivity contribution is -0.132. The van der Waals surface area contributed by atoms with Crippen molar-refractivity contribution >= 4 is 23.2 Å². The molecule has 2 aromatic carbocycles. The molecule has 0 aliphatic heterocycles.